The number of nitrogen functional groups attached to an aromatic ring is 1. The van der Waals surface area contributed by atoms with E-state index in [1.54, 1.807) is 6.07 Å². The van der Waals surface area contributed by atoms with Crippen molar-refractivity contribution in [2.45, 2.75) is 37.1 Å². The topological polar surface area (TPSA) is 187 Å². The number of nitrogens with two attached hydrogens (primary N) is 1. The number of para-hydroxylation sites is 1. The number of hydrogen-bond acceptors (Lipinski definition) is 12. The summed E-state index contributed by atoms with van der Waals surface area (Å²) < 4.78 is 110. The van der Waals surface area contributed by atoms with Crippen LogP contribution in [0.3, 0.4) is 0 Å². The van der Waals surface area contributed by atoms with Crippen molar-refractivity contribution < 1.29 is 59.6 Å². The van der Waals surface area contributed by atoms with Gasteiger partial charge in [-0.25, -0.2) is 9.36 Å². The van der Waals surface area contributed by atoms with Crippen LogP contribution in [0.4, 0.5) is 33.5 Å². The van der Waals surface area contributed by atoms with Crippen LogP contribution in [-0.4, -0.2) is 44.3 Å². The lowest BCUT2D eigenvalue weighted by molar-refractivity contribution is -0.385. The number of halogens is 5. The van der Waals surface area contributed by atoms with E-state index in [1.807, 2.05) is 0 Å². The highest BCUT2D eigenvalue weighted by atomic mass is 31.2. The van der Waals surface area contributed by atoms with Gasteiger partial charge in [-0.15, -0.1) is 0 Å². The van der Waals surface area contributed by atoms with Crippen molar-refractivity contribution in [3.8, 4) is 17.2 Å². The lowest BCUT2D eigenvalue weighted by atomic mass is 10.1. The van der Waals surface area contributed by atoms with E-state index in [0.717, 1.165) is 48.7 Å². The number of benzene rings is 3. The molecule has 5 rings (SSSR count). The smallest absolute Gasteiger partial charge is 0.450 e. The molecule has 1 aliphatic rings. The molecule has 4 atom stereocenters. The Morgan fingerprint density at radius 3 is 2.37 bits per heavy atom. The zero-order valence-corrected chi connectivity index (χ0v) is 25.5. The Morgan fingerprint density at radius 2 is 1.73 bits per heavy atom. The second-order valence-electron chi connectivity index (χ2n) is 10.3. The molecule has 1 saturated heterocycles. The number of anilines is 1. The molecule has 0 bridgehead atoms. The van der Waals surface area contributed by atoms with E-state index in [4.69, 9.17) is 28.8 Å². The Kier molecular flexibility index (Phi) is 10.0. The molecular formula is C29H24F5N4O10P. The van der Waals surface area contributed by atoms with E-state index in [-0.39, 0.29) is 22.9 Å². The third-order valence-corrected chi connectivity index (χ3v) is 8.21. The molecule has 3 aromatic carbocycles. The number of phosphoric ester groups is 1. The summed E-state index contributed by atoms with van der Waals surface area (Å²) in [6.07, 6.45) is -10.5. The van der Waals surface area contributed by atoms with Gasteiger partial charge in [0.05, 0.1) is 23.7 Å². The third kappa shape index (κ3) is 8.21. The summed E-state index contributed by atoms with van der Waals surface area (Å²) in [6, 6.07) is 15.1. The highest BCUT2D eigenvalue weighted by Gasteiger charge is 2.60. The number of aromatic nitrogens is 2. The molecule has 4 unspecified atom stereocenters. The molecule has 1 fully saturated rings. The van der Waals surface area contributed by atoms with E-state index in [0.29, 0.717) is 4.57 Å². The lowest BCUT2D eigenvalue weighted by Gasteiger charge is -2.21. The standard InChI is InChI=1S/C29H24F5N4O10P/c30-28(31)25(39)23(47-26(28)37-13-12-24(35)36-27(37)40)16-45-49(43,48-20-4-2-1-3-5-20)44-15-17-6-11-21(38(41)42)22(14-17)46-19-9-7-18(8-10-19)29(32,33)34/h1-14,23,25-26,39H,15-16H2,(H2,35,36,40). The van der Waals surface area contributed by atoms with E-state index in [9.17, 15) is 37.8 Å². The van der Waals surface area contributed by atoms with Crippen molar-refractivity contribution in [3.05, 3.63) is 117 Å². The zero-order chi connectivity index (χ0) is 35.6. The number of nitro groups is 1. The minimum Gasteiger partial charge on any atom is -0.450 e. The van der Waals surface area contributed by atoms with E-state index in [2.05, 4.69) is 4.98 Å². The Bertz CT molecular complexity index is 1910. The summed E-state index contributed by atoms with van der Waals surface area (Å²) in [7, 11) is -4.78. The van der Waals surface area contributed by atoms with Crippen LogP contribution in [0, 0.1) is 10.1 Å². The fourth-order valence-corrected chi connectivity index (χ4v) is 5.65. The van der Waals surface area contributed by atoms with Gasteiger partial charge in [-0.1, -0.05) is 18.2 Å². The number of rotatable bonds is 12. The number of nitro benzene ring substituents is 1. The van der Waals surface area contributed by atoms with Gasteiger partial charge >= 0.3 is 31.3 Å². The molecule has 20 heteroatoms. The van der Waals surface area contributed by atoms with Crippen LogP contribution < -0.4 is 20.7 Å². The predicted molar refractivity (Wildman–Crippen MR) is 158 cm³/mol. The number of hydrogen-bond donors (Lipinski definition) is 2. The van der Waals surface area contributed by atoms with Gasteiger partial charge in [0.2, 0.25) is 12.0 Å². The van der Waals surface area contributed by atoms with Gasteiger partial charge < -0.3 is 24.8 Å². The number of aliphatic hydroxyl groups excluding tert-OH is 1. The van der Waals surface area contributed by atoms with Crippen molar-refractivity contribution in [2.75, 3.05) is 12.3 Å². The molecule has 0 saturated carbocycles. The first-order chi connectivity index (χ1) is 23.1. The Balaban J connectivity index is 1.35. The van der Waals surface area contributed by atoms with Crippen LogP contribution in [0.5, 0.6) is 17.2 Å². The zero-order valence-electron chi connectivity index (χ0n) is 24.6. The maximum Gasteiger partial charge on any atom is 0.530 e. The molecule has 2 heterocycles. The third-order valence-electron chi connectivity index (χ3n) is 6.86. The highest BCUT2D eigenvalue weighted by Crippen LogP contribution is 2.52. The number of aliphatic hydroxyl groups is 1. The molecule has 1 aromatic heterocycles. The van der Waals surface area contributed by atoms with Crippen LogP contribution in [-0.2, 0) is 31.1 Å². The summed E-state index contributed by atoms with van der Waals surface area (Å²) >= 11 is 0. The second-order valence-corrected chi connectivity index (χ2v) is 11.9. The molecule has 0 spiro atoms. The van der Waals surface area contributed by atoms with Gasteiger partial charge in [0.1, 0.15) is 23.4 Å². The van der Waals surface area contributed by atoms with Crippen LogP contribution in [0.15, 0.2) is 89.9 Å². The van der Waals surface area contributed by atoms with E-state index in [1.165, 1.54) is 30.3 Å². The average molecular weight is 714 g/mol. The quantitative estimate of drug-likeness (QED) is 0.0772. The molecule has 0 aliphatic carbocycles. The maximum atomic E-state index is 15.0. The molecule has 0 amide bonds. The molecule has 14 nitrogen and oxygen atoms in total. The van der Waals surface area contributed by atoms with Crippen LogP contribution in [0.25, 0.3) is 0 Å². The summed E-state index contributed by atoms with van der Waals surface area (Å²) in [6.45, 7) is -1.65. The Hall–Kier alpha value is -4.94. The van der Waals surface area contributed by atoms with Gasteiger partial charge in [0, 0.05) is 12.3 Å². The molecular weight excluding hydrogens is 690 g/mol. The van der Waals surface area contributed by atoms with Gasteiger partial charge in [-0.2, -0.15) is 26.9 Å². The van der Waals surface area contributed by atoms with Gasteiger partial charge in [-0.05, 0) is 60.2 Å². The first kappa shape index (κ1) is 35.4. The second kappa shape index (κ2) is 13.9. The number of phosphoric acid groups is 1. The fourth-order valence-electron chi connectivity index (χ4n) is 4.45. The van der Waals surface area contributed by atoms with E-state index < -0.39 is 79.2 Å². The summed E-state index contributed by atoms with van der Waals surface area (Å²) in [5.41, 5.74) is 2.75. The minimum absolute atomic E-state index is 0.0449. The highest BCUT2D eigenvalue weighted by molar-refractivity contribution is 7.48. The summed E-state index contributed by atoms with van der Waals surface area (Å²) in [4.78, 5) is 26.3. The Morgan fingerprint density at radius 1 is 1.04 bits per heavy atom. The van der Waals surface area contributed by atoms with Gasteiger partial charge in [0.15, 0.2) is 6.10 Å². The van der Waals surface area contributed by atoms with Crippen molar-refractivity contribution in [1.29, 1.82) is 0 Å². The van der Waals surface area contributed by atoms with Gasteiger partial charge in [-0.3, -0.25) is 23.7 Å². The summed E-state index contributed by atoms with van der Waals surface area (Å²) in [5, 5.41) is 22.0. The minimum atomic E-state index is -4.78. The van der Waals surface area contributed by atoms with Crippen molar-refractivity contribution >= 4 is 19.3 Å². The molecule has 260 valence electrons. The largest absolute Gasteiger partial charge is 0.530 e. The number of nitrogens with zero attached hydrogens (tertiary/aromatic N) is 3. The van der Waals surface area contributed by atoms with Crippen molar-refractivity contribution in [3.63, 3.8) is 0 Å². The SMILES string of the molecule is Nc1ccn(C2OC(COP(=O)(OCc3ccc([N+](=O)[O-])c(Oc4ccc(C(F)(F)F)cc4)c3)Oc3ccccc3)C(O)C2(F)F)c(=O)n1. The predicted octanol–water partition coefficient (Wildman–Crippen LogP) is 5.86. The monoisotopic (exact) mass is 714 g/mol. The first-order valence-electron chi connectivity index (χ1n) is 13.9. The lowest BCUT2D eigenvalue weighted by Crippen LogP contribution is -2.42. The average Bonchev–Trinajstić information content (AvgIpc) is 3.26. The normalized spacial score (nSPS) is 20.0. The molecule has 49 heavy (non-hydrogen) atoms. The molecule has 3 N–H and O–H groups in total. The van der Waals surface area contributed by atoms with Crippen molar-refractivity contribution in [1.82, 2.24) is 9.55 Å². The van der Waals surface area contributed by atoms with Crippen molar-refractivity contribution in [2.24, 2.45) is 0 Å². The Labute approximate surface area is 272 Å². The summed E-state index contributed by atoms with van der Waals surface area (Å²) in [5.74, 6) is -4.92. The fraction of sp³-hybridized carbons (Fsp3) is 0.241. The van der Waals surface area contributed by atoms with Gasteiger partial charge in [0.25, 0.3) is 0 Å². The van der Waals surface area contributed by atoms with Crippen LogP contribution in [0.2, 0.25) is 0 Å². The number of ether oxygens (including phenoxy) is 2. The van der Waals surface area contributed by atoms with Crippen LogP contribution in [0.1, 0.15) is 17.4 Å². The molecule has 4 aromatic rings. The van der Waals surface area contributed by atoms with E-state index >= 15 is 8.78 Å². The first-order valence-corrected chi connectivity index (χ1v) is 15.3. The maximum absolute atomic E-state index is 15.0. The molecule has 1 aliphatic heterocycles. The number of alkyl halides is 5. The molecule has 0 radical (unpaired) electrons. The van der Waals surface area contributed by atoms with Crippen LogP contribution >= 0.6 is 7.82 Å².